The molecule has 6 heteroatoms. The lowest BCUT2D eigenvalue weighted by Crippen LogP contribution is -1.94. The van der Waals surface area contributed by atoms with Gasteiger partial charge in [0.2, 0.25) is 0 Å². The Labute approximate surface area is 83.9 Å². The third kappa shape index (κ3) is 3.84. The summed E-state index contributed by atoms with van der Waals surface area (Å²) in [6.07, 6.45) is 3.88. The van der Waals surface area contributed by atoms with Crippen LogP contribution in [0, 0.1) is 0 Å². The average Bonchev–Trinajstić information content (AvgIpc) is 2.65. The Morgan fingerprint density at radius 2 is 2.54 bits per heavy atom. The van der Waals surface area contributed by atoms with E-state index in [9.17, 15) is 4.79 Å². The van der Waals surface area contributed by atoms with E-state index in [1.165, 1.54) is 10.8 Å². The zero-order valence-corrected chi connectivity index (χ0v) is 8.53. The SMILES string of the molecule is O=C(SSCCCO)c1ncc[nH]1. The summed E-state index contributed by atoms with van der Waals surface area (Å²) in [5.41, 5.74) is 0. The monoisotopic (exact) mass is 218 g/mol. The number of hydrogen-bond donors (Lipinski definition) is 2. The van der Waals surface area contributed by atoms with Crippen molar-refractivity contribution in [3.63, 3.8) is 0 Å². The number of imidazole rings is 1. The molecule has 0 aliphatic rings. The van der Waals surface area contributed by atoms with Crippen molar-refractivity contribution < 1.29 is 9.90 Å². The molecule has 0 fully saturated rings. The average molecular weight is 218 g/mol. The Hall–Kier alpha value is -0.460. The summed E-state index contributed by atoms with van der Waals surface area (Å²) in [7, 11) is 2.58. The molecule has 0 aliphatic heterocycles. The van der Waals surface area contributed by atoms with E-state index in [4.69, 9.17) is 5.11 Å². The van der Waals surface area contributed by atoms with Crippen LogP contribution in [-0.2, 0) is 0 Å². The number of nitrogens with zero attached hydrogens (tertiary/aromatic N) is 1. The van der Waals surface area contributed by atoms with Crippen molar-refractivity contribution in [2.75, 3.05) is 12.4 Å². The van der Waals surface area contributed by atoms with Crippen LogP contribution in [0.15, 0.2) is 12.4 Å². The molecule has 0 aromatic carbocycles. The van der Waals surface area contributed by atoms with Crippen LogP contribution < -0.4 is 0 Å². The number of rotatable bonds is 5. The zero-order chi connectivity index (χ0) is 9.52. The third-order valence-corrected chi connectivity index (χ3v) is 3.44. The summed E-state index contributed by atoms with van der Waals surface area (Å²) in [5.74, 6) is 1.15. The van der Waals surface area contributed by atoms with Crippen molar-refractivity contribution >= 4 is 26.7 Å². The standard InChI is InChI=1S/C7H10N2O2S2/c10-4-1-5-12-13-7(11)6-8-2-3-9-6/h2-3,10H,1,4-5H2,(H,8,9). The quantitative estimate of drug-likeness (QED) is 0.576. The van der Waals surface area contributed by atoms with Crippen molar-refractivity contribution in [3.05, 3.63) is 18.2 Å². The van der Waals surface area contributed by atoms with E-state index in [-0.39, 0.29) is 11.7 Å². The van der Waals surface area contributed by atoms with Gasteiger partial charge >= 0.3 is 0 Å². The van der Waals surface area contributed by atoms with Gasteiger partial charge in [0.25, 0.3) is 5.12 Å². The van der Waals surface area contributed by atoms with E-state index >= 15 is 0 Å². The van der Waals surface area contributed by atoms with Crippen molar-refractivity contribution in [1.82, 2.24) is 9.97 Å². The van der Waals surface area contributed by atoms with Crippen LogP contribution in [0.3, 0.4) is 0 Å². The van der Waals surface area contributed by atoms with E-state index in [2.05, 4.69) is 9.97 Å². The Morgan fingerprint density at radius 1 is 1.69 bits per heavy atom. The van der Waals surface area contributed by atoms with Gasteiger partial charge in [0, 0.05) is 24.8 Å². The molecule has 0 saturated carbocycles. The molecule has 1 aromatic heterocycles. The number of nitrogens with one attached hydrogen (secondary N) is 1. The van der Waals surface area contributed by atoms with E-state index in [0.717, 1.165) is 16.5 Å². The largest absolute Gasteiger partial charge is 0.396 e. The van der Waals surface area contributed by atoms with Gasteiger partial charge in [0.1, 0.15) is 0 Å². The molecule has 0 spiro atoms. The number of carbonyl (C=O) groups excluding carboxylic acids is 1. The number of carbonyl (C=O) groups is 1. The maximum absolute atomic E-state index is 11.3. The van der Waals surface area contributed by atoms with Crippen molar-refractivity contribution in [2.24, 2.45) is 0 Å². The number of aromatic amines is 1. The summed E-state index contributed by atoms with van der Waals surface area (Å²) in [4.78, 5) is 17.8. The maximum Gasteiger partial charge on any atom is 0.265 e. The van der Waals surface area contributed by atoms with Gasteiger partial charge in [0.05, 0.1) is 0 Å². The summed E-state index contributed by atoms with van der Waals surface area (Å²) in [6.45, 7) is 0.169. The van der Waals surface area contributed by atoms with Crippen molar-refractivity contribution in [2.45, 2.75) is 6.42 Å². The van der Waals surface area contributed by atoms with Gasteiger partial charge in [-0.2, -0.15) is 0 Å². The molecule has 72 valence electrons. The van der Waals surface area contributed by atoms with Gasteiger partial charge in [-0.1, -0.05) is 10.8 Å². The van der Waals surface area contributed by atoms with Crippen molar-refractivity contribution in [3.8, 4) is 0 Å². The van der Waals surface area contributed by atoms with E-state index in [1.807, 2.05) is 0 Å². The fourth-order valence-corrected chi connectivity index (χ4v) is 2.42. The van der Waals surface area contributed by atoms with Crippen LogP contribution in [0.2, 0.25) is 0 Å². The number of H-pyrrole nitrogens is 1. The van der Waals surface area contributed by atoms with E-state index < -0.39 is 0 Å². The molecular weight excluding hydrogens is 208 g/mol. The minimum absolute atomic E-state index is 0.0760. The first-order valence-electron chi connectivity index (χ1n) is 3.78. The molecule has 0 radical (unpaired) electrons. The number of hydrogen-bond acceptors (Lipinski definition) is 5. The molecule has 0 saturated heterocycles. The van der Waals surface area contributed by atoms with Crippen LogP contribution in [-0.4, -0.2) is 32.5 Å². The van der Waals surface area contributed by atoms with Gasteiger partial charge in [-0.05, 0) is 17.2 Å². The summed E-state index contributed by atoms with van der Waals surface area (Å²) < 4.78 is 0. The first-order chi connectivity index (χ1) is 6.34. The molecular formula is C7H10N2O2S2. The minimum Gasteiger partial charge on any atom is -0.396 e. The van der Waals surface area contributed by atoms with Crippen LogP contribution in [0.1, 0.15) is 17.0 Å². The lowest BCUT2D eigenvalue weighted by Gasteiger charge is -1.95. The summed E-state index contributed by atoms with van der Waals surface area (Å²) in [5, 5.41) is 8.41. The molecule has 4 nitrogen and oxygen atoms in total. The molecule has 2 N–H and O–H groups in total. The summed E-state index contributed by atoms with van der Waals surface area (Å²) >= 11 is 0. The smallest absolute Gasteiger partial charge is 0.265 e. The Bertz CT molecular complexity index is 251. The lowest BCUT2D eigenvalue weighted by atomic mass is 10.5. The lowest BCUT2D eigenvalue weighted by molar-refractivity contribution is 0.108. The van der Waals surface area contributed by atoms with Gasteiger partial charge in [-0.15, -0.1) is 0 Å². The molecule has 1 aromatic rings. The van der Waals surface area contributed by atoms with Crippen LogP contribution in [0.25, 0.3) is 0 Å². The predicted molar refractivity (Wildman–Crippen MR) is 54.7 cm³/mol. The molecule has 0 bridgehead atoms. The van der Waals surface area contributed by atoms with Gasteiger partial charge < -0.3 is 10.1 Å². The Morgan fingerprint density at radius 3 is 3.15 bits per heavy atom. The highest BCUT2D eigenvalue weighted by molar-refractivity contribution is 8.82. The fraction of sp³-hybridized carbons (Fsp3) is 0.429. The molecule has 0 atom stereocenters. The highest BCUT2D eigenvalue weighted by Crippen LogP contribution is 2.24. The number of aliphatic hydroxyl groups is 1. The second kappa shape index (κ2) is 6.06. The topological polar surface area (TPSA) is 66.0 Å². The van der Waals surface area contributed by atoms with Crippen LogP contribution >= 0.6 is 21.6 Å². The maximum atomic E-state index is 11.3. The first kappa shape index (κ1) is 10.6. The normalized spacial score (nSPS) is 10.2. The molecule has 1 rings (SSSR count). The molecule has 0 unspecified atom stereocenters. The van der Waals surface area contributed by atoms with E-state index in [0.29, 0.717) is 12.2 Å². The zero-order valence-electron chi connectivity index (χ0n) is 6.90. The Kier molecular flexibility index (Phi) is 4.95. The molecule has 0 amide bonds. The molecule has 13 heavy (non-hydrogen) atoms. The third-order valence-electron chi connectivity index (χ3n) is 1.21. The van der Waals surface area contributed by atoms with Gasteiger partial charge in [-0.25, -0.2) is 4.98 Å². The Balaban J connectivity index is 2.19. The first-order valence-corrected chi connectivity index (χ1v) is 6.10. The second-order valence-corrected chi connectivity index (χ2v) is 4.60. The highest BCUT2D eigenvalue weighted by atomic mass is 33.1. The van der Waals surface area contributed by atoms with Crippen LogP contribution in [0.5, 0.6) is 0 Å². The van der Waals surface area contributed by atoms with Gasteiger partial charge in [0.15, 0.2) is 5.82 Å². The van der Waals surface area contributed by atoms with Crippen molar-refractivity contribution in [1.29, 1.82) is 0 Å². The van der Waals surface area contributed by atoms with Crippen LogP contribution in [0.4, 0.5) is 0 Å². The highest BCUT2D eigenvalue weighted by Gasteiger charge is 2.08. The minimum atomic E-state index is -0.0760. The molecule has 0 aliphatic carbocycles. The molecule has 1 heterocycles. The van der Waals surface area contributed by atoms with Gasteiger partial charge in [-0.3, -0.25) is 4.79 Å². The summed E-state index contributed by atoms with van der Waals surface area (Å²) in [6, 6.07) is 0. The number of aliphatic hydroxyl groups excluding tert-OH is 1. The second-order valence-electron chi connectivity index (χ2n) is 2.21. The van der Waals surface area contributed by atoms with E-state index in [1.54, 1.807) is 12.4 Å². The number of aromatic nitrogens is 2. The predicted octanol–water partition coefficient (Wildman–Crippen LogP) is 1.31. The fourth-order valence-electron chi connectivity index (χ4n) is 0.635.